The van der Waals surface area contributed by atoms with Crippen LogP contribution in [0.25, 0.3) is 0 Å². The van der Waals surface area contributed by atoms with Crippen LogP contribution in [-0.2, 0) is 4.79 Å². The molecule has 2 saturated carbocycles. The molecule has 6 rings (SSSR count). The zero-order valence-corrected chi connectivity index (χ0v) is 21.7. The SMILES string of the molecule is COc1cc(N2C[C@H]3C[C@H]3C2=O)ncc1[C@H](C)n1cc(C(=O)NC2CC(c3cc(Cl)ccc3C#N)C2)nn1. The van der Waals surface area contributed by atoms with E-state index >= 15 is 0 Å². The van der Waals surface area contributed by atoms with E-state index in [2.05, 4.69) is 26.7 Å². The summed E-state index contributed by atoms with van der Waals surface area (Å²) in [5, 5.41) is 21.2. The molecule has 0 bridgehead atoms. The van der Waals surface area contributed by atoms with Crippen LogP contribution >= 0.6 is 11.6 Å². The molecular weight excluding hydrogens is 506 g/mol. The molecule has 3 aliphatic rings. The Kier molecular flexibility index (Phi) is 6.03. The van der Waals surface area contributed by atoms with Crippen LogP contribution in [0, 0.1) is 23.2 Å². The third-order valence-electron chi connectivity index (χ3n) is 7.94. The van der Waals surface area contributed by atoms with Crippen LogP contribution in [0.3, 0.4) is 0 Å². The van der Waals surface area contributed by atoms with Gasteiger partial charge in [0.25, 0.3) is 5.91 Å². The number of carbonyl (C=O) groups is 2. The molecule has 1 N–H and O–H groups in total. The number of halogens is 1. The topological polar surface area (TPSA) is 126 Å². The van der Waals surface area contributed by atoms with E-state index in [-0.39, 0.29) is 41.4 Å². The van der Waals surface area contributed by atoms with Crippen molar-refractivity contribution in [1.29, 1.82) is 5.26 Å². The maximum atomic E-state index is 12.8. The number of methoxy groups -OCH3 is 1. The Morgan fingerprint density at radius 1 is 1.29 bits per heavy atom. The zero-order chi connectivity index (χ0) is 26.6. The smallest absolute Gasteiger partial charge is 0.273 e. The van der Waals surface area contributed by atoms with Gasteiger partial charge in [-0.3, -0.25) is 14.5 Å². The first-order valence-electron chi connectivity index (χ1n) is 12.6. The van der Waals surface area contributed by atoms with Gasteiger partial charge in [0.05, 0.1) is 31.0 Å². The van der Waals surface area contributed by atoms with E-state index < -0.39 is 0 Å². The summed E-state index contributed by atoms with van der Waals surface area (Å²) >= 11 is 6.12. The van der Waals surface area contributed by atoms with E-state index in [1.165, 1.54) is 0 Å². The van der Waals surface area contributed by atoms with Crippen molar-refractivity contribution in [3.8, 4) is 11.8 Å². The van der Waals surface area contributed by atoms with Crippen molar-refractivity contribution < 1.29 is 14.3 Å². The molecule has 0 spiro atoms. The highest BCUT2D eigenvalue weighted by Gasteiger charge is 2.53. The lowest BCUT2D eigenvalue weighted by Crippen LogP contribution is -2.43. The number of piperidine rings is 1. The van der Waals surface area contributed by atoms with E-state index in [1.54, 1.807) is 47.3 Å². The Morgan fingerprint density at radius 3 is 2.82 bits per heavy atom. The average molecular weight is 532 g/mol. The van der Waals surface area contributed by atoms with Crippen molar-refractivity contribution in [2.45, 2.75) is 44.2 Å². The Balaban J connectivity index is 1.10. The first-order valence-corrected chi connectivity index (χ1v) is 13.0. The number of ether oxygens (including phenoxy) is 1. The number of fused-ring (bicyclic) bond motifs is 1. The van der Waals surface area contributed by atoms with Gasteiger partial charge in [0.1, 0.15) is 11.6 Å². The largest absolute Gasteiger partial charge is 0.496 e. The number of hydrogen-bond donors (Lipinski definition) is 1. The second-order valence-electron chi connectivity index (χ2n) is 10.3. The Bertz CT molecular complexity index is 1480. The number of pyridine rings is 1. The number of amides is 2. The molecule has 1 aromatic carbocycles. The number of nitriles is 1. The van der Waals surface area contributed by atoms with Gasteiger partial charge >= 0.3 is 0 Å². The third kappa shape index (κ3) is 4.27. The van der Waals surface area contributed by atoms with Gasteiger partial charge in [-0.15, -0.1) is 5.10 Å². The maximum absolute atomic E-state index is 12.8. The van der Waals surface area contributed by atoms with Crippen molar-refractivity contribution in [2.24, 2.45) is 11.8 Å². The highest BCUT2D eigenvalue weighted by atomic mass is 35.5. The van der Waals surface area contributed by atoms with Gasteiger partial charge in [0.15, 0.2) is 5.69 Å². The zero-order valence-electron chi connectivity index (χ0n) is 21.0. The summed E-state index contributed by atoms with van der Waals surface area (Å²) in [4.78, 5) is 31.6. The molecule has 0 unspecified atom stereocenters. The van der Waals surface area contributed by atoms with Crippen LogP contribution in [0.5, 0.6) is 5.75 Å². The van der Waals surface area contributed by atoms with Gasteiger partial charge < -0.3 is 10.1 Å². The lowest BCUT2D eigenvalue weighted by molar-refractivity contribution is -0.118. The summed E-state index contributed by atoms with van der Waals surface area (Å²) in [7, 11) is 1.58. The Labute approximate surface area is 224 Å². The summed E-state index contributed by atoms with van der Waals surface area (Å²) in [5.41, 5.74) is 2.51. The first kappa shape index (κ1) is 24.4. The number of aromatic nitrogens is 4. The summed E-state index contributed by atoms with van der Waals surface area (Å²) in [6, 6.07) is 8.95. The van der Waals surface area contributed by atoms with Gasteiger partial charge in [0, 0.05) is 41.4 Å². The Morgan fingerprint density at radius 2 is 2.11 bits per heavy atom. The lowest BCUT2D eigenvalue weighted by atomic mass is 9.74. The predicted molar refractivity (Wildman–Crippen MR) is 138 cm³/mol. The molecule has 3 heterocycles. The minimum Gasteiger partial charge on any atom is -0.496 e. The molecule has 1 aliphatic heterocycles. The van der Waals surface area contributed by atoms with Crippen LogP contribution in [0.4, 0.5) is 5.82 Å². The summed E-state index contributed by atoms with van der Waals surface area (Å²) < 4.78 is 7.21. The standard InChI is InChI=1S/C27H26ClN7O3/c1-14(22-11-30-25(9-24(22)38-2)34-12-17-7-21(17)27(34)37)35-13-23(32-33-35)26(36)31-19-5-16(6-19)20-8-18(28)4-3-15(20)10-29/h3-4,8-9,11,13-14,16-17,19,21H,5-7,12H2,1-2H3,(H,31,36)/t14-,16?,17+,19?,21+/m0/s1. The average Bonchev–Trinajstić information content (AvgIpc) is 3.36. The predicted octanol–water partition coefficient (Wildman–Crippen LogP) is 3.47. The van der Waals surface area contributed by atoms with E-state index in [1.807, 2.05) is 13.0 Å². The molecule has 3 atom stereocenters. The fourth-order valence-electron chi connectivity index (χ4n) is 5.49. The molecule has 1 saturated heterocycles. The summed E-state index contributed by atoms with van der Waals surface area (Å²) in [5.74, 6) is 1.79. The van der Waals surface area contributed by atoms with Crippen molar-refractivity contribution >= 4 is 29.2 Å². The summed E-state index contributed by atoms with van der Waals surface area (Å²) in [6.45, 7) is 2.62. The van der Waals surface area contributed by atoms with Crippen LogP contribution in [0.1, 0.15) is 65.3 Å². The van der Waals surface area contributed by atoms with Gasteiger partial charge in [0.2, 0.25) is 5.91 Å². The van der Waals surface area contributed by atoms with Crippen molar-refractivity contribution in [3.63, 3.8) is 0 Å². The van der Waals surface area contributed by atoms with E-state index in [9.17, 15) is 14.9 Å². The molecule has 0 radical (unpaired) electrons. The molecule has 11 heteroatoms. The molecule has 10 nitrogen and oxygen atoms in total. The monoisotopic (exact) mass is 531 g/mol. The number of nitrogens with zero attached hydrogens (tertiary/aromatic N) is 6. The second-order valence-corrected chi connectivity index (χ2v) is 10.7. The fraction of sp³-hybridized carbons (Fsp3) is 0.407. The molecular formula is C27H26ClN7O3. The normalized spacial score (nSPS) is 24.3. The molecule has 194 valence electrons. The molecule has 3 aromatic rings. The van der Waals surface area contributed by atoms with Crippen LogP contribution in [0.15, 0.2) is 36.7 Å². The van der Waals surface area contributed by atoms with Gasteiger partial charge in [-0.2, -0.15) is 5.26 Å². The highest BCUT2D eigenvalue weighted by Crippen LogP contribution is 2.47. The number of hydrogen-bond acceptors (Lipinski definition) is 7. The summed E-state index contributed by atoms with van der Waals surface area (Å²) in [6.07, 6.45) is 5.72. The van der Waals surface area contributed by atoms with Crippen LogP contribution in [0.2, 0.25) is 5.02 Å². The van der Waals surface area contributed by atoms with Gasteiger partial charge in [-0.1, -0.05) is 16.8 Å². The second kappa shape index (κ2) is 9.40. The molecule has 2 aliphatic carbocycles. The number of nitrogens with one attached hydrogen (secondary N) is 1. The van der Waals surface area contributed by atoms with Crippen molar-refractivity contribution in [2.75, 3.05) is 18.6 Å². The van der Waals surface area contributed by atoms with E-state index in [0.717, 1.165) is 30.4 Å². The van der Waals surface area contributed by atoms with E-state index in [0.29, 0.717) is 34.6 Å². The Hall–Kier alpha value is -3.97. The number of carbonyl (C=O) groups excluding carboxylic acids is 2. The number of anilines is 1. The lowest BCUT2D eigenvalue weighted by Gasteiger charge is -2.36. The van der Waals surface area contributed by atoms with Crippen molar-refractivity contribution in [3.05, 3.63) is 64.1 Å². The number of rotatable bonds is 7. The molecule has 2 aromatic heterocycles. The minimum atomic E-state index is -0.302. The van der Waals surface area contributed by atoms with Crippen LogP contribution in [-0.4, -0.2) is 51.5 Å². The first-order chi connectivity index (χ1) is 18.4. The van der Waals surface area contributed by atoms with Gasteiger partial charge in [-0.25, -0.2) is 9.67 Å². The third-order valence-corrected chi connectivity index (χ3v) is 8.17. The van der Waals surface area contributed by atoms with Crippen molar-refractivity contribution in [1.82, 2.24) is 25.3 Å². The molecule has 38 heavy (non-hydrogen) atoms. The van der Waals surface area contributed by atoms with Gasteiger partial charge in [-0.05, 0) is 61.8 Å². The highest BCUT2D eigenvalue weighted by molar-refractivity contribution is 6.30. The quantitative estimate of drug-likeness (QED) is 0.494. The molecule has 2 amide bonds. The maximum Gasteiger partial charge on any atom is 0.273 e. The number of benzene rings is 1. The minimum absolute atomic E-state index is 0.0169. The molecule has 3 fully saturated rings. The fourth-order valence-corrected chi connectivity index (χ4v) is 5.67. The van der Waals surface area contributed by atoms with Crippen LogP contribution < -0.4 is 15.0 Å². The van der Waals surface area contributed by atoms with E-state index in [4.69, 9.17) is 16.3 Å².